The van der Waals surface area contributed by atoms with Crippen molar-refractivity contribution in [3.63, 3.8) is 0 Å². The Morgan fingerprint density at radius 1 is 1.00 bits per heavy atom. The highest BCUT2D eigenvalue weighted by atomic mass is 35.5. The third kappa shape index (κ3) is 6.76. The van der Waals surface area contributed by atoms with E-state index in [-0.39, 0.29) is 11.4 Å². The Hall–Kier alpha value is -3.11. The molecule has 11 heteroatoms. The molecule has 8 nitrogen and oxygen atoms in total. The van der Waals surface area contributed by atoms with Crippen molar-refractivity contribution in [1.82, 2.24) is 9.73 Å². The molecular weight excluding hydrogens is 525 g/mol. The Labute approximate surface area is 220 Å². The second-order valence-corrected chi connectivity index (χ2v) is 10.4. The average Bonchev–Trinajstić information content (AvgIpc) is 2.85. The predicted octanol–water partition coefficient (Wildman–Crippen LogP) is 4.66. The van der Waals surface area contributed by atoms with Crippen molar-refractivity contribution < 1.29 is 22.7 Å². The van der Waals surface area contributed by atoms with Gasteiger partial charge in [0.25, 0.3) is 5.91 Å². The molecule has 1 N–H and O–H groups in total. The number of amides is 1. The summed E-state index contributed by atoms with van der Waals surface area (Å²) in [6.45, 7) is 1.13. The number of hydrogen-bond acceptors (Lipinski definition) is 6. The van der Waals surface area contributed by atoms with Crippen LogP contribution in [0.5, 0.6) is 11.5 Å². The molecule has 0 bridgehead atoms. The minimum absolute atomic E-state index is 0.0397. The van der Waals surface area contributed by atoms with E-state index in [1.807, 2.05) is 6.92 Å². The van der Waals surface area contributed by atoms with Crippen LogP contribution >= 0.6 is 23.2 Å². The lowest BCUT2D eigenvalue weighted by molar-refractivity contribution is -0.121. The fourth-order valence-corrected chi connectivity index (χ4v) is 5.13. The van der Waals surface area contributed by atoms with Crippen LogP contribution in [0.3, 0.4) is 0 Å². The van der Waals surface area contributed by atoms with Crippen LogP contribution in [0.15, 0.2) is 70.7 Å². The lowest BCUT2D eigenvalue weighted by atomic mass is 10.2. The molecule has 3 rings (SSSR count). The van der Waals surface area contributed by atoms with Gasteiger partial charge in [-0.25, -0.2) is 13.8 Å². The molecule has 0 unspecified atom stereocenters. The van der Waals surface area contributed by atoms with Gasteiger partial charge in [0.05, 0.1) is 31.9 Å². The Bertz CT molecular complexity index is 1340. The number of nitrogens with zero attached hydrogens (tertiary/aromatic N) is 2. The van der Waals surface area contributed by atoms with Crippen LogP contribution in [-0.2, 0) is 21.4 Å². The van der Waals surface area contributed by atoms with Crippen LogP contribution in [0.1, 0.15) is 16.7 Å². The summed E-state index contributed by atoms with van der Waals surface area (Å²) in [5.74, 6) is 0.402. The van der Waals surface area contributed by atoms with Gasteiger partial charge in [0.15, 0.2) is 11.5 Å². The summed E-state index contributed by atoms with van der Waals surface area (Å²) in [5, 5.41) is 4.52. The summed E-state index contributed by atoms with van der Waals surface area (Å²) in [7, 11) is -1.03. The number of carbonyl (C=O) groups is 1. The van der Waals surface area contributed by atoms with E-state index in [0.29, 0.717) is 32.7 Å². The van der Waals surface area contributed by atoms with Crippen LogP contribution < -0.4 is 14.9 Å². The molecule has 0 aliphatic carbocycles. The molecule has 0 aliphatic heterocycles. The van der Waals surface area contributed by atoms with E-state index in [1.54, 1.807) is 48.5 Å². The van der Waals surface area contributed by atoms with E-state index in [9.17, 15) is 13.2 Å². The van der Waals surface area contributed by atoms with E-state index in [1.165, 1.54) is 32.6 Å². The van der Waals surface area contributed by atoms with Gasteiger partial charge in [-0.05, 0) is 55.0 Å². The highest BCUT2D eigenvalue weighted by Gasteiger charge is 2.28. The van der Waals surface area contributed by atoms with Crippen molar-refractivity contribution in [3.05, 3.63) is 87.4 Å². The Morgan fingerprint density at radius 3 is 2.25 bits per heavy atom. The zero-order valence-corrected chi connectivity index (χ0v) is 22.2. The van der Waals surface area contributed by atoms with E-state index in [2.05, 4.69) is 10.5 Å². The monoisotopic (exact) mass is 549 g/mol. The molecule has 0 saturated carbocycles. The molecule has 0 aliphatic rings. The quantitative estimate of drug-likeness (QED) is 0.293. The maximum atomic E-state index is 13.4. The number of aryl methyl sites for hydroxylation is 1. The zero-order chi connectivity index (χ0) is 26.3. The fraction of sp³-hybridized carbons (Fsp3) is 0.200. The van der Waals surface area contributed by atoms with Crippen LogP contribution in [0.2, 0.25) is 10.0 Å². The first-order chi connectivity index (χ1) is 17.1. The molecule has 0 radical (unpaired) electrons. The minimum Gasteiger partial charge on any atom is -0.493 e. The topological polar surface area (TPSA) is 97.3 Å². The normalized spacial score (nSPS) is 11.6. The van der Waals surface area contributed by atoms with Crippen LogP contribution in [-0.4, -0.2) is 45.6 Å². The number of nitrogens with one attached hydrogen (secondary N) is 1. The second-order valence-electron chi connectivity index (χ2n) is 7.69. The Kier molecular flexibility index (Phi) is 9.33. The van der Waals surface area contributed by atoms with Gasteiger partial charge in [-0.3, -0.25) is 4.79 Å². The number of rotatable bonds is 10. The van der Waals surface area contributed by atoms with Gasteiger partial charge in [-0.1, -0.05) is 47.0 Å². The second kappa shape index (κ2) is 12.2. The fourth-order valence-electron chi connectivity index (χ4n) is 3.25. The van der Waals surface area contributed by atoms with Crippen molar-refractivity contribution in [3.8, 4) is 11.5 Å². The lowest BCUT2D eigenvalue weighted by Crippen LogP contribution is -2.39. The molecule has 0 saturated heterocycles. The van der Waals surface area contributed by atoms with Crippen LogP contribution in [0, 0.1) is 6.92 Å². The number of ether oxygens (including phenoxy) is 2. The summed E-state index contributed by atoms with van der Waals surface area (Å²) in [6, 6.07) is 16.3. The molecule has 0 spiro atoms. The molecule has 36 heavy (non-hydrogen) atoms. The molecule has 0 atom stereocenters. The minimum atomic E-state index is -4.07. The molecule has 1 amide bonds. The molecule has 190 valence electrons. The summed E-state index contributed by atoms with van der Waals surface area (Å²) >= 11 is 12.6. The number of methoxy groups -OCH3 is 2. The maximum Gasteiger partial charge on any atom is 0.255 e. The van der Waals surface area contributed by atoms with Crippen molar-refractivity contribution in [1.29, 1.82) is 0 Å². The molecule has 0 fully saturated rings. The van der Waals surface area contributed by atoms with Gasteiger partial charge in [0.2, 0.25) is 10.0 Å². The predicted molar refractivity (Wildman–Crippen MR) is 141 cm³/mol. The summed E-state index contributed by atoms with van der Waals surface area (Å²) in [4.78, 5) is 12.8. The largest absolute Gasteiger partial charge is 0.493 e. The smallest absolute Gasteiger partial charge is 0.255 e. The van der Waals surface area contributed by atoms with Gasteiger partial charge in [-0.15, -0.1) is 0 Å². The van der Waals surface area contributed by atoms with Crippen molar-refractivity contribution in [2.24, 2.45) is 5.10 Å². The van der Waals surface area contributed by atoms with Gasteiger partial charge < -0.3 is 9.47 Å². The van der Waals surface area contributed by atoms with Gasteiger partial charge in [0.1, 0.15) is 0 Å². The SMILES string of the molecule is COc1ccc(/C=N\NC(=O)CN(Cc2c(Cl)cccc2Cl)S(=O)(=O)c2ccc(C)cc2)cc1OC. The molecular formula is C25H25Cl2N3O5S. The Balaban J connectivity index is 1.82. The van der Waals surface area contributed by atoms with Crippen LogP contribution in [0.4, 0.5) is 0 Å². The van der Waals surface area contributed by atoms with Crippen molar-refractivity contribution in [2.75, 3.05) is 20.8 Å². The molecule has 0 aromatic heterocycles. The van der Waals surface area contributed by atoms with Crippen molar-refractivity contribution in [2.45, 2.75) is 18.4 Å². The van der Waals surface area contributed by atoms with E-state index >= 15 is 0 Å². The van der Waals surface area contributed by atoms with Gasteiger partial charge in [-0.2, -0.15) is 9.41 Å². The maximum absolute atomic E-state index is 13.4. The number of carbonyl (C=O) groups excluding carboxylic acids is 1. The summed E-state index contributed by atoms with van der Waals surface area (Å²) in [5.41, 5.74) is 4.29. The first-order valence-electron chi connectivity index (χ1n) is 10.7. The summed E-state index contributed by atoms with van der Waals surface area (Å²) < 4.78 is 38.3. The lowest BCUT2D eigenvalue weighted by Gasteiger charge is -2.22. The van der Waals surface area contributed by atoms with E-state index < -0.39 is 22.5 Å². The number of hydrazone groups is 1. The third-order valence-corrected chi connectivity index (χ3v) is 7.70. The van der Waals surface area contributed by atoms with Gasteiger partial charge >= 0.3 is 0 Å². The third-order valence-electron chi connectivity index (χ3n) is 5.19. The molecule has 3 aromatic carbocycles. The van der Waals surface area contributed by atoms with Crippen LogP contribution in [0.25, 0.3) is 0 Å². The molecule has 0 heterocycles. The number of benzene rings is 3. The van der Waals surface area contributed by atoms with Gasteiger partial charge in [0, 0.05) is 22.2 Å². The van der Waals surface area contributed by atoms with E-state index in [4.69, 9.17) is 32.7 Å². The molecule has 3 aromatic rings. The number of halogens is 2. The Morgan fingerprint density at radius 2 is 1.64 bits per heavy atom. The van der Waals surface area contributed by atoms with Crippen molar-refractivity contribution >= 4 is 45.3 Å². The van der Waals surface area contributed by atoms with E-state index in [0.717, 1.165) is 9.87 Å². The highest BCUT2D eigenvalue weighted by molar-refractivity contribution is 7.89. The highest BCUT2D eigenvalue weighted by Crippen LogP contribution is 2.29. The number of hydrogen-bond donors (Lipinski definition) is 1. The standard InChI is InChI=1S/C25H25Cl2N3O5S/c1-17-7-10-19(11-8-17)36(32,33)30(15-20-21(26)5-4-6-22(20)27)16-25(31)29-28-14-18-9-12-23(34-2)24(13-18)35-3/h4-14H,15-16H2,1-3H3,(H,29,31)/b28-14-. The first kappa shape index (κ1) is 27.5. The average molecular weight is 550 g/mol. The summed E-state index contributed by atoms with van der Waals surface area (Å²) in [6.07, 6.45) is 1.41. The first-order valence-corrected chi connectivity index (χ1v) is 12.9. The number of sulfonamides is 1. The zero-order valence-electron chi connectivity index (χ0n) is 19.9.